The lowest BCUT2D eigenvalue weighted by molar-refractivity contribution is -0.142. The molecule has 0 unspecified atom stereocenters. The number of allylic oxidation sites excluding steroid dienone is 3. The summed E-state index contributed by atoms with van der Waals surface area (Å²) >= 11 is 0. The normalized spacial score (nSPS) is 12.6. The molecule has 41 heavy (non-hydrogen) atoms. The molecule has 0 atom stereocenters. The highest BCUT2D eigenvalue weighted by molar-refractivity contribution is 5.69. The number of unbranched alkanes of at least 4 members (excludes halogenated alkanes) is 1. The highest BCUT2D eigenvalue weighted by Gasteiger charge is 2.37. The number of aryl methyl sites for hydroxylation is 2. The fourth-order valence-electron chi connectivity index (χ4n) is 4.40. The largest absolute Gasteiger partial charge is 0.422 e. The van der Waals surface area contributed by atoms with E-state index in [-0.39, 0.29) is 11.1 Å². The molecular weight excluding hydrogens is 541 g/mol. The van der Waals surface area contributed by atoms with E-state index in [1.807, 2.05) is 31.2 Å². The number of hydrogen-bond donors (Lipinski definition) is 0. The zero-order chi connectivity index (χ0) is 29.6. The van der Waals surface area contributed by atoms with Crippen LogP contribution in [0.5, 0.6) is 0 Å². The number of alkyl halides is 3. The molecule has 4 rings (SSSR count). The molecule has 0 aliphatic rings. The summed E-state index contributed by atoms with van der Waals surface area (Å²) < 4.78 is 94.7. The molecule has 0 radical (unpaired) electrons. The average molecular weight is 569 g/mol. The van der Waals surface area contributed by atoms with Gasteiger partial charge in [-0.25, -0.2) is 17.6 Å². The molecule has 0 aliphatic heterocycles. The monoisotopic (exact) mass is 568 g/mol. The summed E-state index contributed by atoms with van der Waals surface area (Å²) in [7, 11) is 0. The van der Waals surface area contributed by atoms with Crippen LogP contribution >= 0.6 is 0 Å². The van der Waals surface area contributed by atoms with E-state index in [0.717, 1.165) is 34.8 Å². The van der Waals surface area contributed by atoms with Gasteiger partial charge in [-0.2, -0.15) is 13.2 Å². The molecule has 0 heterocycles. The first-order valence-corrected chi connectivity index (χ1v) is 13.1. The Morgan fingerprint density at radius 1 is 0.659 bits per heavy atom. The van der Waals surface area contributed by atoms with Gasteiger partial charge in [0.1, 0.15) is 17.2 Å². The minimum atomic E-state index is -5.11. The Balaban J connectivity index is 1.38. The van der Waals surface area contributed by atoms with Gasteiger partial charge in [0, 0.05) is 5.56 Å². The molecule has 7 heteroatoms. The van der Waals surface area contributed by atoms with Crippen LogP contribution in [-0.2, 0) is 19.0 Å². The van der Waals surface area contributed by atoms with Gasteiger partial charge in [-0.05, 0) is 70.9 Å². The van der Waals surface area contributed by atoms with E-state index >= 15 is 0 Å². The van der Waals surface area contributed by atoms with Crippen LogP contribution in [0.25, 0.3) is 28.1 Å². The summed E-state index contributed by atoms with van der Waals surface area (Å²) in [6.45, 7) is 1.96. The van der Waals surface area contributed by atoms with Gasteiger partial charge in [0.15, 0.2) is 11.7 Å². The second-order valence-corrected chi connectivity index (χ2v) is 9.64. The zero-order valence-electron chi connectivity index (χ0n) is 22.2. The van der Waals surface area contributed by atoms with Crippen molar-refractivity contribution in [1.82, 2.24) is 0 Å². The summed E-state index contributed by atoms with van der Waals surface area (Å²) in [6, 6.07) is 22.6. The Labute approximate surface area is 234 Å². The Kier molecular flexibility index (Phi) is 9.48. The summed E-state index contributed by atoms with van der Waals surface area (Å²) in [5, 5.41) is 0. The maximum atomic E-state index is 14.3. The van der Waals surface area contributed by atoms with E-state index in [4.69, 9.17) is 0 Å². The number of benzene rings is 4. The van der Waals surface area contributed by atoms with Crippen molar-refractivity contribution in [2.75, 3.05) is 0 Å². The SMILES string of the molecule is CCCC=CC(F)=C(F)c1ccc(-c2ccc(CCc3ccc(-c4cc(F)c(C(F)(F)F)c(F)c4)cc3)cc2)cc1. The van der Waals surface area contributed by atoms with E-state index in [1.165, 1.54) is 0 Å². The van der Waals surface area contributed by atoms with Gasteiger partial charge in [0.25, 0.3) is 0 Å². The molecule has 0 saturated carbocycles. The van der Waals surface area contributed by atoms with Crippen molar-refractivity contribution in [2.24, 2.45) is 0 Å². The van der Waals surface area contributed by atoms with Crippen LogP contribution in [0, 0.1) is 11.6 Å². The smallest absolute Gasteiger partial charge is 0.206 e. The number of hydrogen-bond acceptors (Lipinski definition) is 0. The van der Waals surface area contributed by atoms with Crippen LogP contribution in [0.15, 0.2) is 103 Å². The van der Waals surface area contributed by atoms with Crippen LogP contribution in [0.1, 0.15) is 42.0 Å². The fraction of sp³-hybridized carbons (Fsp3) is 0.176. The van der Waals surface area contributed by atoms with Crippen molar-refractivity contribution < 1.29 is 30.7 Å². The molecule has 212 valence electrons. The summed E-state index contributed by atoms with van der Waals surface area (Å²) in [6.07, 6.45) is 0.569. The molecule has 0 nitrogen and oxygen atoms in total. The number of halogens is 7. The third-order valence-electron chi connectivity index (χ3n) is 6.67. The van der Waals surface area contributed by atoms with Gasteiger partial charge in [-0.1, -0.05) is 92.2 Å². The highest BCUT2D eigenvalue weighted by Crippen LogP contribution is 2.36. The fourth-order valence-corrected chi connectivity index (χ4v) is 4.40. The molecule has 0 saturated heterocycles. The lowest BCUT2D eigenvalue weighted by Crippen LogP contribution is -2.11. The van der Waals surface area contributed by atoms with Crippen molar-refractivity contribution in [3.8, 4) is 22.3 Å². The summed E-state index contributed by atoms with van der Waals surface area (Å²) in [4.78, 5) is 0. The van der Waals surface area contributed by atoms with Crippen molar-refractivity contribution in [3.63, 3.8) is 0 Å². The lowest BCUT2D eigenvalue weighted by atomic mass is 9.98. The van der Waals surface area contributed by atoms with Crippen LogP contribution in [-0.4, -0.2) is 0 Å². The number of rotatable bonds is 9. The van der Waals surface area contributed by atoms with Gasteiger partial charge in [0.2, 0.25) is 0 Å². The highest BCUT2D eigenvalue weighted by atomic mass is 19.4. The molecule has 0 N–H and O–H groups in total. The molecule has 0 aromatic heterocycles. The summed E-state index contributed by atoms with van der Waals surface area (Å²) in [5.41, 5.74) is 2.51. The molecule has 0 amide bonds. The van der Waals surface area contributed by atoms with Crippen molar-refractivity contribution in [1.29, 1.82) is 0 Å². The molecular formula is C34H27F7. The van der Waals surface area contributed by atoms with Crippen LogP contribution < -0.4 is 0 Å². The zero-order valence-corrected chi connectivity index (χ0v) is 22.2. The third kappa shape index (κ3) is 7.54. The van der Waals surface area contributed by atoms with E-state index in [2.05, 4.69) is 0 Å². The molecule has 0 bridgehead atoms. The maximum Gasteiger partial charge on any atom is 0.422 e. The molecule has 4 aromatic carbocycles. The predicted octanol–water partition coefficient (Wildman–Crippen LogP) is 11.1. The standard InChI is InChI=1S/C34H27F7/c1-2-3-4-5-29(35)33(38)27-18-16-25(17-19-27)24-12-8-22(9-13-24)6-7-23-10-14-26(15-11-23)28-20-30(36)32(31(37)21-28)34(39,40)41/h4-5,8-21H,2-3,6-7H2,1H3. The lowest BCUT2D eigenvalue weighted by Gasteiger charge is -2.11. The topological polar surface area (TPSA) is 0 Å². The van der Waals surface area contributed by atoms with E-state index in [0.29, 0.717) is 37.0 Å². The van der Waals surface area contributed by atoms with Crippen LogP contribution in [0.3, 0.4) is 0 Å². The third-order valence-corrected chi connectivity index (χ3v) is 6.67. The second kappa shape index (κ2) is 13.0. The molecule has 0 aliphatic carbocycles. The van der Waals surface area contributed by atoms with Crippen LogP contribution in [0.2, 0.25) is 0 Å². The van der Waals surface area contributed by atoms with Crippen molar-refractivity contribution in [3.05, 3.63) is 137 Å². The first-order valence-electron chi connectivity index (χ1n) is 13.1. The van der Waals surface area contributed by atoms with Gasteiger partial charge in [0.05, 0.1) is 0 Å². The quantitative estimate of drug-likeness (QED) is 0.139. The maximum absolute atomic E-state index is 14.3. The van der Waals surface area contributed by atoms with Crippen LogP contribution in [0.4, 0.5) is 30.7 Å². The minimum Gasteiger partial charge on any atom is -0.206 e. The van der Waals surface area contributed by atoms with Gasteiger partial charge >= 0.3 is 6.18 Å². The first kappa shape index (κ1) is 29.8. The van der Waals surface area contributed by atoms with Gasteiger partial charge in [-0.15, -0.1) is 0 Å². The van der Waals surface area contributed by atoms with E-state index in [1.54, 1.807) is 54.6 Å². The Hall–Kier alpha value is -4.13. The first-order chi connectivity index (χ1) is 19.6. The van der Waals surface area contributed by atoms with Gasteiger partial charge < -0.3 is 0 Å². The minimum absolute atomic E-state index is 0.0240. The van der Waals surface area contributed by atoms with Crippen molar-refractivity contribution >= 4 is 5.83 Å². The Morgan fingerprint density at radius 2 is 1.10 bits per heavy atom. The van der Waals surface area contributed by atoms with E-state index < -0.39 is 35.0 Å². The Bertz CT molecular complexity index is 1500. The van der Waals surface area contributed by atoms with E-state index in [9.17, 15) is 30.7 Å². The molecule has 0 fully saturated rings. The summed E-state index contributed by atoms with van der Waals surface area (Å²) in [5.74, 6) is -5.09. The van der Waals surface area contributed by atoms with Gasteiger partial charge in [-0.3, -0.25) is 0 Å². The molecule has 0 spiro atoms. The Morgan fingerprint density at radius 3 is 1.54 bits per heavy atom. The predicted molar refractivity (Wildman–Crippen MR) is 149 cm³/mol. The molecule has 4 aromatic rings. The average Bonchev–Trinajstić information content (AvgIpc) is 2.95. The second-order valence-electron chi connectivity index (χ2n) is 9.64. The van der Waals surface area contributed by atoms with Crippen molar-refractivity contribution in [2.45, 2.75) is 38.8 Å².